The second kappa shape index (κ2) is 7.94. The van der Waals surface area contributed by atoms with Crippen LogP contribution in [0.2, 0.25) is 5.02 Å². The number of aromatic nitrogens is 2. The van der Waals surface area contributed by atoms with Gasteiger partial charge >= 0.3 is 0 Å². The molecule has 1 heterocycles. The molecule has 0 N–H and O–H groups in total. The molecule has 0 saturated carbocycles. The van der Waals surface area contributed by atoms with Crippen molar-refractivity contribution in [3.8, 4) is 23.3 Å². The zero-order valence-electron chi connectivity index (χ0n) is 14.5. The number of hydrogen-bond donors (Lipinski definition) is 0. The number of aryl methyl sites for hydroxylation is 1. The quantitative estimate of drug-likeness (QED) is 0.641. The van der Waals surface area contributed by atoms with Gasteiger partial charge in [0.05, 0.1) is 22.3 Å². The third-order valence-electron chi connectivity index (χ3n) is 3.80. The van der Waals surface area contributed by atoms with Crippen molar-refractivity contribution in [3.63, 3.8) is 0 Å². The summed E-state index contributed by atoms with van der Waals surface area (Å²) in [7, 11) is 0. The summed E-state index contributed by atoms with van der Waals surface area (Å²) in [4.78, 5) is 4.23. The predicted octanol–water partition coefficient (Wildman–Crippen LogP) is 4.55. The van der Waals surface area contributed by atoms with Gasteiger partial charge in [0.2, 0.25) is 0 Å². The van der Waals surface area contributed by atoms with Gasteiger partial charge in [0.25, 0.3) is 0 Å². The molecule has 3 rings (SSSR count). The first kappa shape index (κ1) is 17.8. The van der Waals surface area contributed by atoms with Crippen molar-refractivity contribution >= 4 is 11.6 Å². The highest BCUT2D eigenvalue weighted by Gasteiger charge is 2.10. The molecule has 0 fully saturated rings. The Hall–Kier alpha value is -2.97. The van der Waals surface area contributed by atoms with Crippen molar-refractivity contribution < 1.29 is 9.47 Å². The number of hydrogen-bond acceptors (Lipinski definition) is 4. The van der Waals surface area contributed by atoms with E-state index < -0.39 is 0 Å². The Kier molecular flexibility index (Phi) is 5.45. The summed E-state index contributed by atoms with van der Waals surface area (Å²) in [6.07, 6.45) is 3.46. The number of rotatable bonds is 6. The van der Waals surface area contributed by atoms with Crippen molar-refractivity contribution in [1.29, 1.82) is 5.26 Å². The lowest BCUT2D eigenvalue weighted by Crippen LogP contribution is -2.21. The van der Waals surface area contributed by atoms with Crippen LogP contribution in [0.3, 0.4) is 0 Å². The van der Waals surface area contributed by atoms with E-state index in [9.17, 15) is 0 Å². The van der Waals surface area contributed by atoms with E-state index in [0.29, 0.717) is 22.9 Å². The van der Waals surface area contributed by atoms with Gasteiger partial charge in [-0.3, -0.25) is 0 Å². The maximum atomic E-state index is 8.88. The fourth-order valence-corrected chi connectivity index (χ4v) is 2.73. The monoisotopic (exact) mass is 367 g/mol. The van der Waals surface area contributed by atoms with Crippen molar-refractivity contribution in [3.05, 3.63) is 71.3 Å². The molecule has 0 aliphatic carbocycles. The summed E-state index contributed by atoms with van der Waals surface area (Å²) in [5.74, 6) is 2.19. The zero-order chi connectivity index (χ0) is 18.5. The van der Waals surface area contributed by atoms with E-state index in [4.69, 9.17) is 26.3 Å². The first-order chi connectivity index (χ1) is 12.6. The van der Waals surface area contributed by atoms with E-state index in [1.807, 2.05) is 54.9 Å². The highest BCUT2D eigenvalue weighted by molar-refractivity contribution is 6.32. The average Bonchev–Trinajstić information content (AvgIpc) is 3.08. The van der Waals surface area contributed by atoms with Crippen molar-refractivity contribution in [1.82, 2.24) is 9.55 Å². The topological polar surface area (TPSA) is 60.1 Å². The third kappa shape index (κ3) is 4.16. The largest absolute Gasteiger partial charge is 0.490 e. The molecule has 0 bridgehead atoms. The van der Waals surface area contributed by atoms with Crippen LogP contribution in [0.4, 0.5) is 0 Å². The summed E-state index contributed by atoms with van der Waals surface area (Å²) >= 11 is 6.14. The van der Waals surface area contributed by atoms with Crippen LogP contribution in [0, 0.1) is 18.3 Å². The SMILES string of the molecule is Cc1nccn1-c1cccc(OCC(C)Oc2ccc(C#N)cc2Cl)c1. The highest BCUT2D eigenvalue weighted by Crippen LogP contribution is 2.26. The number of halogens is 1. The van der Waals surface area contributed by atoms with Crippen molar-refractivity contribution in [2.24, 2.45) is 0 Å². The Morgan fingerprint density at radius 1 is 1.27 bits per heavy atom. The minimum absolute atomic E-state index is 0.209. The van der Waals surface area contributed by atoms with E-state index in [1.54, 1.807) is 24.4 Å². The van der Waals surface area contributed by atoms with Gasteiger partial charge in [-0.15, -0.1) is 0 Å². The van der Waals surface area contributed by atoms with Crippen molar-refractivity contribution in [2.75, 3.05) is 6.61 Å². The lowest BCUT2D eigenvalue weighted by atomic mass is 10.2. The molecule has 1 unspecified atom stereocenters. The molecule has 0 amide bonds. The lowest BCUT2D eigenvalue weighted by Gasteiger charge is -2.17. The number of nitriles is 1. The van der Waals surface area contributed by atoms with E-state index in [1.165, 1.54) is 0 Å². The van der Waals surface area contributed by atoms with Gasteiger partial charge in [0, 0.05) is 18.5 Å². The molecule has 0 spiro atoms. The Morgan fingerprint density at radius 2 is 2.12 bits per heavy atom. The molecule has 6 heteroatoms. The number of imidazole rings is 1. The van der Waals surface area contributed by atoms with Crippen molar-refractivity contribution in [2.45, 2.75) is 20.0 Å². The normalized spacial score (nSPS) is 11.6. The van der Waals surface area contributed by atoms with Gasteiger partial charge in [0.15, 0.2) is 0 Å². The summed E-state index contributed by atoms with van der Waals surface area (Å²) in [5, 5.41) is 9.29. The van der Waals surface area contributed by atoms with Gasteiger partial charge in [0.1, 0.15) is 30.0 Å². The third-order valence-corrected chi connectivity index (χ3v) is 4.09. The van der Waals surface area contributed by atoms with Gasteiger partial charge in [-0.05, 0) is 44.2 Å². The molecule has 132 valence electrons. The van der Waals surface area contributed by atoms with Crippen LogP contribution in [-0.2, 0) is 0 Å². The smallest absolute Gasteiger partial charge is 0.138 e. The van der Waals surface area contributed by atoms with Crippen LogP contribution in [-0.4, -0.2) is 22.3 Å². The molecule has 0 aliphatic rings. The standard InChI is InChI=1S/C20H18ClN3O2/c1-14(26-20-7-6-16(12-22)10-19(20)21)13-25-18-5-3-4-17(11-18)24-9-8-23-15(24)2/h3-11,14H,13H2,1-2H3. The molecule has 5 nitrogen and oxygen atoms in total. The molecule has 0 aliphatic heterocycles. The molecule has 1 atom stereocenters. The fraction of sp³-hybridized carbons (Fsp3) is 0.200. The van der Waals surface area contributed by atoms with E-state index in [-0.39, 0.29) is 6.10 Å². The van der Waals surface area contributed by atoms with Crippen LogP contribution in [0.15, 0.2) is 54.9 Å². The summed E-state index contributed by atoms with van der Waals surface area (Å²) < 4.78 is 13.6. The summed E-state index contributed by atoms with van der Waals surface area (Å²) in [5.41, 5.74) is 1.49. The number of ether oxygens (including phenoxy) is 2. The average molecular weight is 368 g/mol. The molecule has 3 aromatic rings. The molecular formula is C20H18ClN3O2. The van der Waals surface area contributed by atoms with E-state index in [0.717, 1.165) is 17.3 Å². The molecule has 26 heavy (non-hydrogen) atoms. The van der Waals surface area contributed by atoms with Gasteiger partial charge in [-0.25, -0.2) is 4.98 Å². The zero-order valence-corrected chi connectivity index (χ0v) is 15.3. The minimum atomic E-state index is -0.209. The molecule has 0 saturated heterocycles. The Morgan fingerprint density at radius 3 is 2.81 bits per heavy atom. The Bertz CT molecular complexity index is 946. The summed E-state index contributed by atoms with van der Waals surface area (Å²) in [6, 6.07) is 14.8. The predicted molar refractivity (Wildman–Crippen MR) is 100 cm³/mol. The maximum absolute atomic E-state index is 8.88. The molecular weight excluding hydrogens is 350 g/mol. The van der Waals surface area contributed by atoms with E-state index in [2.05, 4.69) is 4.98 Å². The second-order valence-electron chi connectivity index (χ2n) is 5.84. The fourth-order valence-electron chi connectivity index (χ4n) is 2.50. The van der Waals surface area contributed by atoms with E-state index >= 15 is 0 Å². The van der Waals surface area contributed by atoms with Crippen LogP contribution in [0.25, 0.3) is 5.69 Å². The van der Waals surface area contributed by atoms with Crippen LogP contribution < -0.4 is 9.47 Å². The van der Waals surface area contributed by atoms with Gasteiger partial charge in [-0.1, -0.05) is 17.7 Å². The van der Waals surface area contributed by atoms with Crippen LogP contribution >= 0.6 is 11.6 Å². The Labute approximate surface area is 157 Å². The lowest BCUT2D eigenvalue weighted by molar-refractivity contribution is 0.143. The van der Waals surface area contributed by atoms with Gasteiger partial charge in [-0.2, -0.15) is 5.26 Å². The van der Waals surface area contributed by atoms with Crippen LogP contribution in [0.5, 0.6) is 11.5 Å². The highest BCUT2D eigenvalue weighted by atomic mass is 35.5. The summed E-state index contributed by atoms with van der Waals surface area (Å²) in [6.45, 7) is 4.21. The second-order valence-corrected chi connectivity index (χ2v) is 6.25. The number of nitrogens with zero attached hydrogens (tertiary/aromatic N) is 3. The van der Waals surface area contributed by atoms with Gasteiger partial charge < -0.3 is 14.0 Å². The number of benzene rings is 2. The first-order valence-corrected chi connectivity index (χ1v) is 8.54. The Balaban J connectivity index is 1.62. The first-order valence-electron chi connectivity index (χ1n) is 8.16. The molecule has 0 radical (unpaired) electrons. The minimum Gasteiger partial charge on any atom is -0.490 e. The molecule has 2 aromatic carbocycles. The van der Waals surface area contributed by atoms with Crippen LogP contribution in [0.1, 0.15) is 18.3 Å². The maximum Gasteiger partial charge on any atom is 0.138 e. The molecule has 1 aromatic heterocycles.